The predicted molar refractivity (Wildman–Crippen MR) is 84.3 cm³/mol. The van der Waals surface area contributed by atoms with Crippen molar-refractivity contribution in [3.63, 3.8) is 0 Å². The average molecular weight is 277 g/mol. The molecule has 1 fully saturated rings. The van der Waals surface area contributed by atoms with Crippen molar-refractivity contribution in [1.29, 1.82) is 0 Å². The minimum atomic E-state index is -0.291. The number of hydrogen-bond acceptors (Lipinski definition) is 4. The zero-order valence-corrected chi connectivity index (χ0v) is 13.3. The van der Waals surface area contributed by atoms with Crippen LogP contribution in [0.25, 0.3) is 0 Å². The molecule has 1 aliphatic heterocycles. The van der Waals surface area contributed by atoms with Crippen LogP contribution in [0.1, 0.15) is 53.9 Å². The molecule has 20 heavy (non-hydrogen) atoms. The molecular formula is C16H27N3O. The Bertz CT molecular complexity index is 467. The minimum absolute atomic E-state index is 0.291. The van der Waals surface area contributed by atoms with Crippen molar-refractivity contribution in [3.8, 4) is 5.88 Å². The molecule has 2 rings (SSSR count). The molecule has 112 valence electrons. The number of hydrogen-bond donors (Lipinski definition) is 1. The van der Waals surface area contributed by atoms with Gasteiger partial charge in [-0.25, -0.2) is 0 Å². The summed E-state index contributed by atoms with van der Waals surface area (Å²) in [6, 6.07) is 5.01. The summed E-state index contributed by atoms with van der Waals surface area (Å²) in [5.41, 5.74) is 6.30. The predicted octanol–water partition coefficient (Wildman–Crippen LogP) is 3.61. The van der Waals surface area contributed by atoms with Gasteiger partial charge in [0.15, 0.2) is 0 Å². The fraction of sp³-hybridized carbons (Fsp3) is 0.688. The Hall–Kier alpha value is -1.45. The van der Waals surface area contributed by atoms with Gasteiger partial charge in [0.1, 0.15) is 11.4 Å². The molecule has 0 saturated carbocycles. The van der Waals surface area contributed by atoms with Crippen LogP contribution < -0.4 is 15.4 Å². The Morgan fingerprint density at radius 1 is 1.35 bits per heavy atom. The van der Waals surface area contributed by atoms with Gasteiger partial charge in [-0.05, 0) is 59.1 Å². The number of pyridine rings is 1. The quantitative estimate of drug-likeness (QED) is 0.917. The molecule has 0 radical (unpaired) electrons. The number of anilines is 2. The molecule has 1 aromatic heterocycles. The number of nitrogens with zero attached hydrogens (tertiary/aromatic N) is 2. The number of aromatic nitrogens is 1. The van der Waals surface area contributed by atoms with Crippen LogP contribution in [0.15, 0.2) is 12.1 Å². The van der Waals surface area contributed by atoms with Gasteiger partial charge in [-0.3, -0.25) is 0 Å². The van der Waals surface area contributed by atoms with Crippen molar-refractivity contribution < 1.29 is 4.74 Å². The second-order valence-corrected chi connectivity index (χ2v) is 6.67. The highest BCUT2D eigenvalue weighted by Crippen LogP contribution is 2.33. The molecular weight excluding hydrogens is 250 g/mol. The van der Waals surface area contributed by atoms with Crippen LogP contribution in [0.3, 0.4) is 0 Å². The maximum Gasteiger partial charge on any atom is 0.239 e. The largest absolute Gasteiger partial charge is 0.470 e. The monoisotopic (exact) mass is 277 g/mol. The molecule has 2 atom stereocenters. The summed E-state index contributed by atoms with van der Waals surface area (Å²) >= 11 is 0. The van der Waals surface area contributed by atoms with Gasteiger partial charge < -0.3 is 15.4 Å². The highest BCUT2D eigenvalue weighted by atomic mass is 16.5. The van der Waals surface area contributed by atoms with Gasteiger partial charge in [0.2, 0.25) is 5.88 Å². The van der Waals surface area contributed by atoms with Crippen LogP contribution in [0.5, 0.6) is 5.88 Å². The molecule has 2 unspecified atom stereocenters. The molecule has 0 amide bonds. The normalized spacial score (nSPS) is 23.1. The molecule has 1 aliphatic rings. The van der Waals surface area contributed by atoms with E-state index < -0.39 is 0 Å². The van der Waals surface area contributed by atoms with Crippen LogP contribution in [0, 0.1) is 0 Å². The van der Waals surface area contributed by atoms with Crippen LogP contribution >= 0.6 is 0 Å². The Kier molecular flexibility index (Phi) is 4.11. The summed E-state index contributed by atoms with van der Waals surface area (Å²) in [7, 11) is 0. The molecule has 4 nitrogen and oxygen atoms in total. The Balaban J connectivity index is 2.31. The van der Waals surface area contributed by atoms with E-state index in [0.717, 1.165) is 12.2 Å². The summed E-state index contributed by atoms with van der Waals surface area (Å²) < 4.78 is 5.87. The standard InChI is InChI=1S/C16H27N3O/c1-6-12-8-7-11(2)19(12)14-10-9-13(17)15(18-14)20-16(3,4)5/h9-12H,6-8,17H2,1-5H3. The van der Waals surface area contributed by atoms with E-state index >= 15 is 0 Å². The zero-order chi connectivity index (χ0) is 14.9. The van der Waals surface area contributed by atoms with E-state index in [1.54, 1.807) is 0 Å². The minimum Gasteiger partial charge on any atom is -0.470 e. The van der Waals surface area contributed by atoms with Gasteiger partial charge in [-0.2, -0.15) is 4.98 Å². The molecule has 1 saturated heterocycles. The maximum atomic E-state index is 5.99. The van der Waals surface area contributed by atoms with Gasteiger partial charge in [-0.15, -0.1) is 0 Å². The first-order valence-corrected chi connectivity index (χ1v) is 7.55. The van der Waals surface area contributed by atoms with E-state index in [2.05, 4.69) is 23.7 Å². The lowest BCUT2D eigenvalue weighted by atomic mass is 10.1. The number of ether oxygens (including phenoxy) is 1. The van der Waals surface area contributed by atoms with Crippen molar-refractivity contribution in [1.82, 2.24) is 4.98 Å². The van der Waals surface area contributed by atoms with Gasteiger partial charge >= 0.3 is 0 Å². The number of nitrogen functional groups attached to an aromatic ring is 1. The molecule has 0 bridgehead atoms. The lowest BCUT2D eigenvalue weighted by Crippen LogP contribution is -2.35. The summed E-state index contributed by atoms with van der Waals surface area (Å²) in [6.45, 7) is 10.5. The van der Waals surface area contributed by atoms with E-state index in [-0.39, 0.29) is 5.60 Å². The van der Waals surface area contributed by atoms with E-state index in [1.807, 2.05) is 32.9 Å². The molecule has 0 aromatic carbocycles. The highest BCUT2D eigenvalue weighted by Gasteiger charge is 2.30. The highest BCUT2D eigenvalue weighted by molar-refractivity contribution is 5.55. The van der Waals surface area contributed by atoms with Crippen LogP contribution in [0.2, 0.25) is 0 Å². The lowest BCUT2D eigenvalue weighted by molar-refractivity contribution is 0.125. The molecule has 0 spiro atoms. The van der Waals surface area contributed by atoms with Crippen molar-refractivity contribution in [3.05, 3.63) is 12.1 Å². The summed E-state index contributed by atoms with van der Waals surface area (Å²) in [5, 5.41) is 0. The average Bonchev–Trinajstić information content (AvgIpc) is 2.72. The van der Waals surface area contributed by atoms with Crippen molar-refractivity contribution in [2.45, 2.75) is 71.6 Å². The Morgan fingerprint density at radius 3 is 2.65 bits per heavy atom. The third kappa shape index (κ3) is 3.17. The summed E-state index contributed by atoms with van der Waals surface area (Å²) in [6.07, 6.45) is 3.60. The molecule has 0 aliphatic carbocycles. The maximum absolute atomic E-state index is 5.99. The lowest BCUT2D eigenvalue weighted by Gasteiger charge is -2.30. The van der Waals surface area contributed by atoms with Crippen molar-refractivity contribution >= 4 is 11.5 Å². The summed E-state index contributed by atoms with van der Waals surface area (Å²) in [4.78, 5) is 7.08. The van der Waals surface area contributed by atoms with Crippen LogP contribution in [0.4, 0.5) is 11.5 Å². The Labute approximate surface area is 122 Å². The third-order valence-corrected chi connectivity index (χ3v) is 3.80. The SMILES string of the molecule is CCC1CCC(C)N1c1ccc(N)c(OC(C)(C)C)n1. The summed E-state index contributed by atoms with van der Waals surface area (Å²) in [5.74, 6) is 1.53. The number of nitrogens with two attached hydrogens (primary N) is 1. The number of rotatable bonds is 3. The van der Waals surface area contributed by atoms with E-state index in [4.69, 9.17) is 10.5 Å². The van der Waals surface area contributed by atoms with E-state index in [0.29, 0.717) is 23.7 Å². The fourth-order valence-electron chi connectivity index (χ4n) is 2.84. The first-order valence-electron chi connectivity index (χ1n) is 7.55. The van der Waals surface area contributed by atoms with Crippen molar-refractivity contribution in [2.24, 2.45) is 0 Å². The van der Waals surface area contributed by atoms with E-state index in [1.165, 1.54) is 12.8 Å². The zero-order valence-electron chi connectivity index (χ0n) is 13.3. The van der Waals surface area contributed by atoms with Gasteiger partial charge in [0, 0.05) is 12.1 Å². The molecule has 2 heterocycles. The second-order valence-electron chi connectivity index (χ2n) is 6.67. The van der Waals surface area contributed by atoms with Gasteiger partial charge in [-0.1, -0.05) is 6.92 Å². The van der Waals surface area contributed by atoms with Crippen molar-refractivity contribution in [2.75, 3.05) is 10.6 Å². The van der Waals surface area contributed by atoms with Crippen LogP contribution in [-0.4, -0.2) is 22.7 Å². The molecule has 2 N–H and O–H groups in total. The van der Waals surface area contributed by atoms with Gasteiger partial charge in [0.25, 0.3) is 0 Å². The molecule has 1 aromatic rings. The smallest absolute Gasteiger partial charge is 0.239 e. The van der Waals surface area contributed by atoms with E-state index in [9.17, 15) is 0 Å². The van der Waals surface area contributed by atoms with Gasteiger partial charge in [0.05, 0.1) is 5.69 Å². The first-order chi connectivity index (χ1) is 9.31. The van der Waals surface area contributed by atoms with Crippen LogP contribution in [-0.2, 0) is 0 Å². The third-order valence-electron chi connectivity index (χ3n) is 3.80. The second kappa shape index (κ2) is 5.51. The molecule has 4 heteroatoms. The first kappa shape index (κ1) is 14.9. The fourth-order valence-corrected chi connectivity index (χ4v) is 2.84. The Morgan fingerprint density at radius 2 is 2.05 bits per heavy atom. The topological polar surface area (TPSA) is 51.4 Å².